The van der Waals surface area contributed by atoms with Crippen LogP contribution in [0.25, 0.3) is 0 Å². The Kier molecular flexibility index (Phi) is 7.55. The van der Waals surface area contributed by atoms with Crippen molar-refractivity contribution in [3.05, 3.63) is 24.0 Å². The van der Waals surface area contributed by atoms with Crippen LogP contribution < -0.4 is 9.64 Å². The summed E-state index contributed by atoms with van der Waals surface area (Å²) in [5, 5.41) is -0.131. The van der Waals surface area contributed by atoms with Gasteiger partial charge in [0.15, 0.2) is 11.6 Å². The molecule has 2 aliphatic rings. The summed E-state index contributed by atoms with van der Waals surface area (Å²) in [6, 6.07) is 4.97. The molecule has 0 aliphatic carbocycles. The molecule has 144 valence electrons. The van der Waals surface area contributed by atoms with Crippen LogP contribution in [0.15, 0.2) is 18.2 Å². The highest BCUT2D eigenvalue weighted by atomic mass is 35.5. The topological polar surface area (TPSA) is 53.1 Å². The van der Waals surface area contributed by atoms with Crippen molar-refractivity contribution in [1.29, 1.82) is 0 Å². The number of para-hydroxylation sites is 1. The molecule has 0 N–H and O–H groups in total. The van der Waals surface area contributed by atoms with Gasteiger partial charge in [-0.15, -0.1) is 12.4 Å². The van der Waals surface area contributed by atoms with Gasteiger partial charge in [0.1, 0.15) is 0 Å². The van der Waals surface area contributed by atoms with Crippen LogP contribution in [-0.2, 0) is 4.79 Å². The molecule has 2 fully saturated rings. The molecule has 0 radical (unpaired) electrons. The number of nitrogens with zero attached hydrogens (tertiary/aromatic N) is 3. The van der Waals surface area contributed by atoms with Crippen molar-refractivity contribution in [2.24, 2.45) is 0 Å². The molecule has 0 bridgehead atoms. The zero-order chi connectivity index (χ0) is 17.8. The number of carbonyl (C=O) groups is 2. The summed E-state index contributed by atoms with van der Waals surface area (Å²) in [6.45, 7) is 4.62. The zero-order valence-electron chi connectivity index (χ0n) is 14.6. The van der Waals surface area contributed by atoms with Crippen molar-refractivity contribution in [3.63, 3.8) is 0 Å². The van der Waals surface area contributed by atoms with Crippen LogP contribution in [0, 0.1) is 5.82 Å². The average Bonchev–Trinajstić information content (AvgIpc) is 2.94. The van der Waals surface area contributed by atoms with Crippen molar-refractivity contribution >= 4 is 41.0 Å². The smallest absolute Gasteiger partial charge is 0.288 e. The lowest BCUT2D eigenvalue weighted by molar-refractivity contribution is -0.124. The SMILES string of the molecule is COc1c(F)cccc1N1CCN(CCCN2C(=O)CSC2=O)CC1.Cl. The Morgan fingerprint density at radius 1 is 1.15 bits per heavy atom. The third-order valence-corrected chi connectivity index (χ3v) is 5.42. The van der Waals surface area contributed by atoms with E-state index in [1.54, 1.807) is 6.07 Å². The number of benzene rings is 1. The predicted molar refractivity (Wildman–Crippen MR) is 103 cm³/mol. The van der Waals surface area contributed by atoms with E-state index in [1.165, 1.54) is 18.1 Å². The number of hydrogen-bond acceptors (Lipinski definition) is 6. The molecule has 2 heterocycles. The van der Waals surface area contributed by atoms with Crippen molar-refractivity contribution in [1.82, 2.24) is 9.80 Å². The summed E-state index contributed by atoms with van der Waals surface area (Å²) in [6.07, 6.45) is 0.779. The van der Waals surface area contributed by atoms with Crippen molar-refractivity contribution in [3.8, 4) is 5.75 Å². The number of thioether (sulfide) groups is 1. The second-order valence-corrected chi connectivity index (χ2v) is 7.00. The molecule has 0 atom stereocenters. The summed E-state index contributed by atoms with van der Waals surface area (Å²) in [4.78, 5) is 28.9. The lowest BCUT2D eigenvalue weighted by Gasteiger charge is -2.36. The first-order valence-electron chi connectivity index (χ1n) is 8.37. The molecule has 1 aromatic carbocycles. The van der Waals surface area contributed by atoms with Gasteiger partial charge >= 0.3 is 0 Å². The van der Waals surface area contributed by atoms with E-state index < -0.39 is 0 Å². The number of carbonyl (C=O) groups excluding carboxylic acids is 2. The summed E-state index contributed by atoms with van der Waals surface area (Å²) in [7, 11) is 1.48. The standard InChI is InChI=1S/C17H22FN3O3S.ClH/c1-24-16-13(18)4-2-5-14(16)20-10-8-19(9-11-20)6-3-7-21-15(22)12-25-17(21)23;/h2,4-5H,3,6-12H2,1H3;1H. The van der Waals surface area contributed by atoms with Gasteiger partial charge in [-0.2, -0.15) is 0 Å². The minimum Gasteiger partial charge on any atom is -0.492 e. The fraction of sp³-hybridized carbons (Fsp3) is 0.529. The van der Waals surface area contributed by atoms with Gasteiger partial charge in [0.2, 0.25) is 5.91 Å². The van der Waals surface area contributed by atoms with E-state index in [4.69, 9.17) is 4.74 Å². The van der Waals surface area contributed by atoms with Crippen molar-refractivity contribution in [2.45, 2.75) is 6.42 Å². The Morgan fingerprint density at radius 3 is 2.50 bits per heavy atom. The number of rotatable bonds is 6. The number of amides is 2. The number of methoxy groups -OCH3 is 1. The van der Waals surface area contributed by atoms with E-state index in [9.17, 15) is 14.0 Å². The van der Waals surface area contributed by atoms with Gasteiger partial charge in [-0.3, -0.25) is 19.4 Å². The van der Waals surface area contributed by atoms with Crippen LogP contribution in [0.4, 0.5) is 14.9 Å². The predicted octanol–water partition coefficient (Wildman–Crippen LogP) is 2.46. The number of hydrogen-bond donors (Lipinski definition) is 0. The number of piperazine rings is 1. The molecule has 0 unspecified atom stereocenters. The van der Waals surface area contributed by atoms with E-state index in [0.29, 0.717) is 12.3 Å². The first kappa shape index (κ1) is 20.8. The highest BCUT2D eigenvalue weighted by Gasteiger charge is 2.29. The van der Waals surface area contributed by atoms with Crippen LogP contribution in [0.2, 0.25) is 0 Å². The molecule has 6 nitrogen and oxygen atoms in total. The second-order valence-electron chi connectivity index (χ2n) is 6.07. The normalized spacial score (nSPS) is 18.2. The van der Waals surface area contributed by atoms with E-state index in [-0.39, 0.29) is 35.1 Å². The van der Waals surface area contributed by atoms with E-state index in [0.717, 1.165) is 56.6 Å². The highest BCUT2D eigenvalue weighted by molar-refractivity contribution is 8.14. The molecular formula is C17H23ClFN3O3S. The number of ether oxygens (including phenoxy) is 1. The number of imide groups is 1. The van der Waals surface area contributed by atoms with Gasteiger partial charge in [0.05, 0.1) is 18.6 Å². The minimum absolute atomic E-state index is 0. The van der Waals surface area contributed by atoms with Gasteiger partial charge in [-0.05, 0) is 25.1 Å². The molecule has 3 rings (SSSR count). The van der Waals surface area contributed by atoms with Gasteiger partial charge in [0.25, 0.3) is 5.24 Å². The number of anilines is 1. The van der Waals surface area contributed by atoms with Crippen LogP contribution in [0.3, 0.4) is 0 Å². The van der Waals surface area contributed by atoms with Crippen LogP contribution in [0.1, 0.15) is 6.42 Å². The molecular weight excluding hydrogens is 381 g/mol. The molecule has 2 aliphatic heterocycles. The van der Waals surface area contributed by atoms with Gasteiger partial charge in [0, 0.05) is 32.7 Å². The lowest BCUT2D eigenvalue weighted by Crippen LogP contribution is -2.47. The van der Waals surface area contributed by atoms with Crippen molar-refractivity contribution < 1.29 is 18.7 Å². The first-order valence-corrected chi connectivity index (χ1v) is 9.35. The molecule has 1 aromatic rings. The summed E-state index contributed by atoms with van der Waals surface area (Å²) >= 11 is 1.08. The molecule has 2 amide bonds. The Hall–Kier alpha value is -1.51. The van der Waals surface area contributed by atoms with Crippen LogP contribution >= 0.6 is 24.2 Å². The Balaban J connectivity index is 0.00000243. The molecule has 0 spiro atoms. The van der Waals surface area contributed by atoms with E-state index >= 15 is 0 Å². The van der Waals surface area contributed by atoms with E-state index in [2.05, 4.69) is 9.80 Å². The Labute approximate surface area is 163 Å². The van der Waals surface area contributed by atoms with Crippen LogP contribution in [0.5, 0.6) is 5.75 Å². The molecule has 9 heteroatoms. The quantitative estimate of drug-likeness (QED) is 0.727. The third-order valence-electron chi connectivity index (χ3n) is 4.56. The fourth-order valence-corrected chi connectivity index (χ4v) is 3.96. The largest absolute Gasteiger partial charge is 0.492 e. The van der Waals surface area contributed by atoms with Gasteiger partial charge < -0.3 is 9.64 Å². The average molecular weight is 404 g/mol. The molecule has 0 saturated carbocycles. The Morgan fingerprint density at radius 2 is 1.88 bits per heavy atom. The maximum absolute atomic E-state index is 13.8. The summed E-state index contributed by atoms with van der Waals surface area (Å²) < 4.78 is 19.0. The Bertz CT molecular complexity index is 640. The molecule has 2 saturated heterocycles. The summed E-state index contributed by atoms with van der Waals surface area (Å²) in [5.41, 5.74) is 0.785. The van der Waals surface area contributed by atoms with Gasteiger partial charge in [-0.1, -0.05) is 17.8 Å². The highest BCUT2D eigenvalue weighted by Crippen LogP contribution is 2.31. The fourth-order valence-electron chi connectivity index (χ4n) is 3.21. The third kappa shape index (κ3) is 4.61. The maximum Gasteiger partial charge on any atom is 0.288 e. The molecule has 0 aromatic heterocycles. The number of halogens is 2. The minimum atomic E-state index is -0.347. The molecule has 26 heavy (non-hydrogen) atoms. The second kappa shape index (κ2) is 9.43. The lowest BCUT2D eigenvalue weighted by atomic mass is 10.2. The van der Waals surface area contributed by atoms with Crippen LogP contribution in [-0.4, -0.2) is 73.1 Å². The zero-order valence-corrected chi connectivity index (χ0v) is 16.3. The summed E-state index contributed by atoms with van der Waals surface area (Å²) in [5.74, 6) is 0.130. The monoisotopic (exact) mass is 403 g/mol. The first-order chi connectivity index (χ1) is 12.1. The van der Waals surface area contributed by atoms with E-state index in [1.807, 2.05) is 6.07 Å². The van der Waals surface area contributed by atoms with Crippen molar-refractivity contribution in [2.75, 3.05) is 57.0 Å². The van der Waals surface area contributed by atoms with Gasteiger partial charge in [-0.25, -0.2) is 4.39 Å². The maximum atomic E-state index is 13.8.